The maximum absolute atomic E-state index is 8.63. The van der Waals surface area contributed by atoms with Crippen molar-refractivity contribution in [2.45, 2.75) is 52.4 Å². The fourth-order valence-electron chi connectivity index (χ4n) is 0.854. The highest BCUT2D eigenvalue weighted by atomic mass is 80.0. The summed E-state index contributed by atoms with van der Waals surface area (Å²) in [6.07, 6.45) is 8.49. The summed E-state index contributed by atoms with van der Waals surface area (Å²) in [7, 11) is 0. The Morgan fingerprint density at radius 1 is 0.917 bits per heavy atom. The SMILES string of the molecule is CCCCCCCC.[O-][Br+2]([O-])O. The van der Waals surface area contributed by atoms with Gasteiger partial charge in [0.15, 0.2) is 0 Å². The standard InChI is InChI=1S/C8H18.BrHO3/c1-3-5-7-8-6-4-2;2-1(3)4/h3-8H2,1-2H3;2H. The molecular formula is C8H19BrO3. The Balaban J connectivity index is 0. The zero-order chi connectivity index (χ0) is 9.82. The van der Waals surface area contributed by atoms with E-state index < -0.39 is 14.8 Å². The maximum Gasteiger partial charge on any atom is 0.433 e. The van der Waals surface area contributed by atoms with Gasteiger partial charge in [-0.15, -0.1) is 0 Å². The summed E-state index contributed by atoms with van der Waals surface area (Å²) in [6.45, 7) is 4.51. The third-order valence-corrected chi connectivity index (χ3v) is 1.46. The highest BCUT2D eigenvalue weighted by Crippen LogP contribution is 2.03. The van der Waals surface area contributed by atoms with E-state index in [2.05, 4.69) is 13.8 Å². The van der Waals surface area contributed by atoms with E-state index in [0.717, 1.165) is 0 Å². The van der Waals surface area contributed by atoms with Crippen LogP contribution in [0.5, 0.6) is 0 Å². The highest BCUT2D eigenvalue weighted by molar-refractivity contribution is 4.39. The van der Waals surface area contributed by atoms with Crippen LogP contribution in [0.4, 0.5) is 0 Å². The van der Waals surface area contributed by atoms with Gasteiger partial charge in [-0.25, -0.2) is 0 Å². The van der Waals surface area contributed by atoms with E-state index in [9.17, 15) is 0 Å². The lowest BCUT2D eigenvalue weighted by atomic mass is 10.1. The van der Waals surface area contributed by atoms with Gasteiger partial charge in [-0.3, -0.25) is 0 Å². The van der Waals surface area contributed by atoms with Crippen molar-refractivity contribution >= 4 is 0 Å². The van der Waals surface area contributed by atoms with E-state index in [1.54, 1.807) is 0 Å². The van der Waals surface area contributed by atoms with Crippen molar-refractivity contribution in [3.05, 3.63) is 0 Å². The summed E-state index contributed by atoms with van der Waals surface area (Å²) in [4.78, 5) is 0. The quantitative estimate of drug-likeness (QED) is 0.712. The molecule has 0 spiro atoms. The van der Waals surface area contributed by atoms with Gasteiger partial charge in [-0.1, -0.05) is 52.4 Å². The molecule has 0 radical (unpaired) electrons. The molecule has 0 aliphatic rings. The number of unbranched alkanes of at least 4 members (excludes halogenated alkanes) is 5. The molecular weight excluding hydrogens is 224 g/mol. The molecule has 0 saturated heterocycles. The van der Waals surface area contributed by atoms with Crippen LogP contribution in [0.2, 0.25) is 0 Å². The van der Waals surface area contributed by atoms with Gasteiger partial charge >= 0.3 is 14.8 Å². The van der Waals surface area contributed by atoms with E-state index in [1.165, 1.54) is 38.5 Å². The summed E-state index contributed by atoms with van der Waals surface area (Å²) >= 11 is -3.40. The second-order valence-electron chi connectivity index (χ2n) is 2.62. The molecule has 4 heteroatoms. The summed E-state index contributed by atoms with van der Waals surface area (Å²) in [5.41, 5.74) is 0. The number of rotatable bonds is 5. The second-order valence-corrected chi connectivity index (χ2v) is 3.46. The molecule has 0 aromatic heterocycles. The van der Waals surface area contributed by atoms with Gasteiger partial charge in [-0.05, 0) is 4.20 Å². The third-order valence-electron chi connectivity index (χ3n) is 1.46. The van der Waals surface area contributed by atoms with Crippen molar-refractivity contribution < 1.29 is 27.4 Å². The molecule has 76 valence electrons. The second kappa shape index (κ2) is 13.9. The van der Waals surface area contributed by atoms with Gasteiger partial charge in [0.25, 0.3) is 0 Å². The summed E-state index contributed by atoms with van der Waals surface area (Å²) in [5, 5.41) is 0. The average Bonchev–Trinajstić information content (AvgIpc) is 1.97. The minimum Gasteiger partial charge on any atom is -0.372 e. The van der Waals surface area contributed by atoms with Crippen molar-refractivity contribution in [3.63, 3.8) is 0 Å². The predicted octanol–water partition coefficient (Wildman–Crippen LogP) is 0.432. The van der Waals surface area contributed by atoms with E-state index in [0.29, 0.717) is 0 Å². The van der Waals surface area contributed by atoms with E-state index in [1.807, 2.05) is 0 Å². The molecule has 12 heavy (non-hydrogen) atoms. The van der Waals surface area contributed by atoms with Gasteiger partial charge in [-0.2, -0.15) is 0 Å². The van der Waals surface area contributed by atoms with E-state index >= 15 is 0 Å². The molecule has 1 N–H and O–H groups in total. The van der Waals surface area contributed by atoms with Gasteiger partial charge in [0.1, 0.15) is 0 Å². The molecule has 3 nitrogen and oxygen atoms in total. The van der Waals surface area contributed by atoms with Gasteiger partial charge in [0, 0.05) is 0 Å². The zero-order valence-corrected chi connectivity index (χ0v) is 9.47. The molecule has 0 heterocycles. The van der Waals surface area contributed by atoms with Crippen molar-refractivity contribution in [3.8, 4) is 0 Å². The predicted molar refractivity (Wildman–Crippen MR) is 41.3 cm³/mol. The largest absolute Gasteiger partial charge is 0.433 e. The van der Waals surface area contributed by atoms with Crippen molar-refractivity contribution in [1.29, 1.82) is 0 Å². The number of halogens is 1. The Morgan fingerprint density at radius 3 is 1.33 bits per heavy atom. The first-order valence-electron chi connectivity index (χ1n) is 4.39. The molecule has 0 amide bonds. The Morgan fingerprint density at radius 2 is 1.17 bits per heavy atom. The monoisotopic (exact) mass is 242 g/mol. The molecule has 0 unspecified atom stereocenters. The Hall–Kier alpha value is 0.360. The Labute approximate surface area is 80.2 Å². The van der Waals surface area contributed by atoms with Crippen LogP contribution in [0, 0.1) is 14.8 Å². The Bertz CT molecular complexity index is 60.6. The zero-order valence-electron chi connectivity index (χ0n) is 7.88. The molecule has 0 aromatic rings. The fraction of sp³-hybridized carbons (Fsp3) is 1.00. The number of hydrogen-bond donors (Lipinski definition) is 1. The lowest BCUT2D eigenvalue weighted by Crippen LogP contribution is -2.30. The van der Waals surface area contributed by atoms with E-state index in [-0.39, 0.29) is 0 Å². The van der Waals surface area contributed by atoms with Crippen LogP contribution in [0.3, 0.4) is 0 Å². The first kappa shape index (κ1) is 14.9. The molecule has 0 saturated carbocycles. The minimum atomic E-state index is -3.40. The first-order chi connectivity index (χ1) is 5.65. The average molecular weight is 243 g/mol. The van der Waals surface area contributed by atoms with E-state index in [4.69, 9.17) is 12.6 Å². The van der Waals surface area contributed by atoms with Gasteiger partial charge < -0.3 is 8.40 Å². The molecule has 0 aromatic carbocycles. The molecule has 0 aliphatic carbocycles. The lowest BCUT2D eigenvalue weighted by Gasteiger charge is -1.93. The molecule has 0 aliphatic heterocycles. The minimum absolute atomic E-state index is 1.36. The van der Waals surface area contributed by atoms with Crippen LogP contribution in [0.15, 0.2) is 0 Å². The van der Waals surface area contributed by atoms with Gasteiger partial charge in [0.05, 0.1) is 0 Å². The fourth-order valence-corrected chi connectivity index (χ4v) is 0.854. The topological polar surface area (TPSA) is 66.3 Å². The molecule has 0 atom stereocenters. The highest BCUT2D eigenvalue weighted by Gasteiger charge is 1.86. The van der Waals surface area contributed by atoms with Crippen LogP contribution in [0.1, 0.15) is 52.4 Å². The summed E-state index contributed by atoms with van der Waals surface area (Å²) in [5.74, 6) is 0. The molecule has 0 fully saturated rings. The summed E-state index contributed by atoms with van der Waals surface area (Å²) < 4.78 is 24.3. The van der Waals surface area contributed by atoms with Crippen LogP contribution < -0.4 is 8.40 Å². The lowest BCUT2D eigenvalue weighted by molar-refractivity contribution is -1.63. The normalized spacial score (nSPS) is 9.50. The summed E-state index contributed by atoms with van der Waals surface area (Å²) in [6, 6.07) is 0. The van der Waals surface area contributed by atoms with Crippen LogP contribution >= 0.6 is 0 Å². The number of hydrogen-bond acceptors (Lipinski definition) is 3. The van der Waals surface area contributed by atoms with Crippen molar-refractivity contribution in [1.82, 2.24) is 0 Å². The smallest absolute Gasteiger partial charge is 0.372 e. The van der Waals surface area contributed by atoms with Crippen LogP contribution in [-0.4, -0.2) is 4.20 Å². The van der Waals surface area contributed by atoms with Crippen LogP contribution in [0.25, 0.3) is 0 Å². The molecule has 0 bridgehead atoms. The first-order valence-corrected chi connectivity index (χ1v) is 6.40. The van der Waals surface area contributed by atoms with Crippen LogP contribution in [-0.2, 0) is 0 Å². The van der Waals surface area contributed by atoms with Gasteiger partial charge in [0.2, 0.25) is 0 Å². The maximum atomic E-state index is 8.63. The molecule has 0 rings (SSSR count). The third kappa shape index (κ3) is 31.6. The van der Waals surface area contributed by atoms with Crippen molar-refractivity contribution in [2.24, 2.45) is 0 Å². The Kier molecular flexibility index (Phi) is 17.2. The van der Waals surface area contributed by atoms with Crippen molar-refractivity contribution in [2.75, 3.05) is 0 Å².